The highest BCUT2D eigenvalue weighted by atomic mass is 35.5. The largest absolute Gasteiger partial charge is 0.308 e. The summed E-state index contributed by atoms with van der Waals surface area (Å²) in [6.45, 7) is 0. The summed E-state index contributed by atoms with van der Waals surface area (Å²) >= 11 is 6.22. The van der Waals surface area contributed by atoms with Crippen LogP contribution < -0.4 is 0 Å². The lowest BCUT2D eigenvalue weighted by Gasteiger charge is -2.19. The number of rotatable bonds is 3. The molecule has 5 aromatic carbocycles. The van der Waals surface area contributed by atoms with Crippen molar-refractivity contribution in [2.75, 3.05) is 0 Å². The van der Waals surface area contributed by atoms with Gasteiger partial charge in [-0.2, -0.15) is 0 Å². The van der Waals surface area contributed by atoms with Gasteiger partial charge in [-0.1, -0.05) is 109 Å². The monoisotopic (exact) mass is 429 g/mol. The van der Waals surface area contributed by atoms with E-state index in [4.69, 9.17) is 11.6 Å². The molecule has 1 nitrogen and oxygen atoms in total. The minimum absolute atomic E-state index is 0.742. The molecule has 0 atom stereocenters. The molecule has 32 heavy (non-hydrogen) atoms. The average Bonchev–Trinajstić information content (AvgIpc) is 3.19. The Hall–Kier alpha value is -3.81. The van der Waals surface area contributed by atoms with E-state index in [0.29, 0.717) is 0 Å². The predicted octanol–water partition coefficient (Wildman–Crippen LogP) is 8.77. The fourth-order valence-electron chi connectivity index (χ4n) is 4.66. The van der Waals surface area contributed by atoms with Gasteiger partial charge >= 0.3 is 0 Å². The second-order valence-corrected chi connectivity index (χ2v) is 8.38. The molecule has 1 aromatic heterocycles. The van der Waals surface area contributed by atoms with Crippen molar-refractivity contribution in [3.63, 3.8) is 0 Å². The predicted molar refractivity (Wildman–Crippen MR) is 137 cm³/mol. The van der Waals surface area contributed by atoms with Crippen molar-refractivity contribution in [3.05, 3.63) is 126 Å². The Morgan fingerprint density at radius 3 is 1.53 bits per heavy atom. The van der Waals surface area contributed by atoms with Crippen molar-refractivity contribution in [1.29, 1.82) is 0 Å². The molecule has 0 spiro atoms. The third kappa shape index (κ3) is 3.02. The van der Waals surface area contributed by atoms with Gasteiger partial charge in [0.15, 0.2) is 0 Å². The van der Waals surface area contributed by atoms with Gasteiger partial charge in [0, 0.05) is 26.9 Å². The highest BCUT2D eigenvalue weighted by Gasteiger charge is 2.19. The van der Waals surface area contributed by atoms with E-state index in [9.17, 15) is 0 Å². The molecule has 152 valence electrons. The molecule has 0 radical (unpaired) electrons. The first kappa shape index (κ1) is 18.9. The maximum atomic E-state index is 6.22. The molecule has 0 bridgehead atoms. The SMILES string of the molecule is Clc1ccc(-c2cccc(-c3ccccc3)c2-n2c3ccccc3c3ccccc32)cc1. The van der Waals surface area contributed by atoms with Crippen LogP contribution in [0.5, 0.6) is 0 Å². The van der Waals surface area contributed by atoms with Crippen LogP contribution >= 0.6 is 11.6 Å². The van der Waals surface area contributed by atoms with E-state index in [1.54, 1.807) is 0 Å². The summed E-state index contributed by atoms with van der Waals surface area (Å²) in [5, 5.41) is 3.26. The molecule has 0 saturated heterocycles. The number of aromatic nitrogens is 1. The minimum Gasteiger partial charge on any atom is -0.308 e. The highest BCUT2D eigenvalue weighted by molar-refractivity contribution is 6.30. The Bertz CT molecular complexity index is 1510. The summed E-state index contributed by atoms with van der Waals surface area (Å²) in [6.07, 6.45) is 0. The van der Waals surface area contributed by atoms with Gasteiger partial charge < -0.3 is 4.57 Å². The summed E-state index contributed by atoms with van der Waals surface area (Å²) in [4.78, 5) is 0. The third-order valence-corrected chi connectivity index (χ3v) is 6.33. The van der Waals surface area contributed by atoms with Gasteiger partial charge in [0.2, 0.25) is 0 Å². The maximum Gasteiger partial charge on any atom is 0.0618 e. The van der Waals surface area contributed by atoms with Crippen LogP contribution in [-0.4, -0.2) is 4.57 Å². The molecule has 2 heteroatoms. The highest BCUT2D eigenvalue weighted by Crippen LogP contribution is 2.41. The Labute approximate surface area is 192 Å². The topological polar surface area (TPSA) is 4.93 Å². The quantitative estimate of drug-likeness (QED) is 0.265. The van der Waals surface area contributed by atoms with Crippen LogP contribution in [0.1, 0.15) is 0 Å². The number of fused-ring (bicyclic) bond motifs is 3. The molecule has 0 fully saturated rings. The molecule has 0 amide bonds. The van der Waals surface area contributed by atoms with Gasteiger partial charge in [0.1, 0.15) is 0 Å². The summed E-state index contributed by atoms with van der Waals surface area (Å²) in [5.74, 6) is 0. The van der Waals surface area contributed by atoms with Crippen molar-refractivity contribution in [1.82, 2.24) is 4.57 Å². The Morgan fingerprint density at radius 2 is 0.938 bits per heavy atom. The van der Waals surface area contributed by atoms with Crippen LogP contribution in [0.15, 0.2) is 121 Å². The molecular formula is C30H20ClN. The van der Waals surface area contributed by atoms with Crippen LogP contribution in [0.25, 0.3) is 49.7 Å². The number of benzene rings is 5. The molecule has 0 saturated carbocycles. The van der Waals surface area contributed by atoms with Crippen molar-refractivity contribution in [2.45, 2.75) is 0 Å². The van der Waals surface area contributed by atoms with Crippen LogP contribution in [0.2, 0.25) is 5.02 Å². The summed E-state index contributed by atoms with van der Waals surface area (Å²) in [7, 11) is 0. The normalized spacial score (nSPS) is 11.3. The van der Waals surface area contributed by atoms with E-state index >= 15 is 0 Å². The second-order valence-electron chi connectivity index (χ2n) is 7.94. The number of para-hydroxylation sites is 3. The van der Waals surface area contributed by atoms with Crippen LogP contribution in [0.3, 0.4) is 0 Å². The van der Waals surface area contributed by atoms with Crippen molar-refractivity contribution in [3.8, 4) is 27.9 Å². The number of hydrogen-bond donors (Lipinski definition) is 0. The summed E-state index contributed by atoms with van der Waals surface area (Å²) < 4.78 is 2.41. The molecule has 6 aromatic rings. The first-order valence-electron chi connectivity index (χ1n) is 10.7. The van der Waals surface area contributed by atoms with E-state index in [1.807, 2.05) is 12.1 Å². The lowest BCUT2D eigenvalue weighted by Crippen LogP contribution is -2.00. The zero-order valence-electron chi connectivity index (χ0n) is 17.4. The van der Waals surface area contributed by atoms with Crippen LogP contribution in [0, 0.1) is 0 Å². The average molecular weight is 430 g/mol. The Kier molecular flexibility index (Phi) is 4.56. The van der Waals surface area contributed by atoms with E-state index in [2.05, 4.69) is 114 Å². The molecule has 0 N–H and O–H groups in total. The van der Waals surface area contributed by atoms with E-state index in [1.165, 1.54) is 44.2 Å². The number of halogens is 1. The minimum atomic E-state index is 0.742. The zero-order chi connectivity index (χ0) is 21.5. The first-order valence-corrected chi connectivity index (χ1v) is 11.1. The first-order chi connectivity index (χ1) is 15.8. The molecule has 0 unspecified atom stereocenters. The fraction of sp³-hybridized carbons (Fsp3) is 0. The number of nitrogens with zero attached hydrogens (tertiary/aromatic N) is 1. The molecule has 0 aliphatic heterocycles. The Morgan fingerprint density at radius 1 is 0.438 bits per heavy atom. The van der Waals surface area contributed by atoms with Gasteiger partial charge in [0.25, 0.3) is 0 Å². The van der Waals surface area contributed by atoms with Gasteiger partial charge in [-0.3, -0.25) is 0 Å². The van der Waals surface area contributed by atoms with Gasteiger partial charge in [0.05, 0.1) is 16.7 Å². The molecular weight excluding hydrogens is 410 g/mol. The van der Waals surface area contributed by atoms with Crippen molar-refractivity contribution >= 4 is 33.4 Å². The van der Waals surface area contributed by atoms with Crippen molar-refractivity contribution < 1.29 is 0 Å². The van der Waals surface area contributed by atoms with E-state index in [0.717, 1.165) is 10.6 Å². The zero-order valence-corrected chi connectivity index (χ0v) is 18.1. The third-order valence-electron chi connectivity index (χ3n) is 6.08. The van der Waals surface area contributed by atoms with E-state index < -0.39 is 0 Å². The maximum absolute atomic E-state index is 6.22. The van der Waals surface area contributed by atoms with Gasteiger partial charge in [-0.05, 0) is 35.4 Å². The second kappa shape index (κ2) is 7.71. The van der Waals surface area contributed by atoms with Gasteiger partial charge in [-0.25, -0.2) is 0 Å². The molecule has 0 aliphatic rings. The van der Waals surface area contributed by atoms with Crippen molar-refractivity contribution in [2.24, 2.45) is 0 Å². The van der Waals surface area contributed by atoms with Gasteiger partial charge in [-0.15, -0.1) is 0 Å². The lowest BCUT2D eigenvalue weighted by molar-refractivity contribution is 1.18. The van der Waals surface area contributed by atoms with Crippen LogP contribution in [-0.2, 0) is 0 Å². The summed E-state index contributed by atoms with van der Waals surface area (Å²) in [5.41, 5.74) is 8.29. The van der Waals surface area contributed by atoms with E-state index in [-0.39, 0.29) is 0 Å². The summed E-state index contributed by atoms with van der Waals surface area (Å²) in [6, 6.07) is 42.6. The molecule has 0 aliphatic carbocycles. The Balaban J connectivity index is 1.79. The number of hydrogen-bond acceptors (Lipinski definition) is 0. The molecule has 1 heterocycles. The van der Waals surface area contributed by atoms with Crippen LogP contribution in [0.4, 0.5) is 0 Å². The molecule has 6 rings (SSSR count). The smallest absolute Gasteiger partial charge is 0.0618 e. The standard InChI is InChI=1S/C30H20ClN/c31-23-19-17-22(18-20-23)25-14-8-13-24(21-9-2-1-3-10-21)30(25)32-28-15-6-4-11-26(28)27-12-5-7-16-29(27)32/h1-20H. The fourth-order valence-corrected chi connectivity index (χ4v) is 4.79. The lowest BCUT2D eigenvalue weighted by atomic mass is 9.95.